The second-order valence-corrected chi connectivity index (χ2v) is 5.49. The van der Waals surface area contributed by atoms with Crippen LogP contribution in [0.15, 0.2) is 30.3 Å². The van der Waals surface area contributed by atoms with Crippen molar-refractivity contribution in [3.8, 4) is 0 Å². The Hall–Kier alpha value is -0.900. The first kappa shape index (κ1) is 13.5. The van der Waals surface area contributed by atoms with Gasteiger partial charge in [-0.25, -0.2) is 0 Å². The molecule has 0 aliphatic carbocycles. The van der Waals surface area contributed by atoms with Crippen molar-refractivity contribution >= 4 is 0 Å². The summed E-state index contributed by atoms with van der Waals surface area (Å²) in [5.74, 6) is 0. The predicted molar refractivity (Wildman–Crippen MR) is 76.5 cm³/mol. The molecule has 3 nitrogen and oxygen atoms in total. The fourth-order valence-electron chi connectivity index (χ4n) is 2.70. The van der Waals surface area contributed by atoms with E-state index in [0.29, 0.717) is 6.04 Å². The highest BCUT2D eigenvalue weighted by atomic mass is 15.2. The van der Waals surface area contributed by atoms with Gasteiger partial charge in [-0.2, -0.15) is 0 Å². The topological polar surface area (TPSA) is 32.5 Å². The summed E-state index contributed by atoms with van der Waals surface area (Å²) in [6.07, 6.45) is 2.52. The third-order valence-corrected chi connectivity index (χ3v) is 4.02. The first-order valence-electron chi connectivity index (χ1n) is 6.86. The van der Waals surface area contributed by atoms with Crippen molar-refractivity contribution < 1.29 is 0 Å². The third-order valence-electron chi connectivity index (χ3n) is 4.02. The molecule has 0 saturated carbocycles. The van der Waals surface area contributed by atoms with Crippen LogP contribution < -0.4 is 5.73 Å². The number of rotatable bonds is 4. The van der Waals surface area contributed by atoms with E-state index in [1.54, 1.807) is 0 Å². The van der Waals surface area contributed by atoms with E-state index in [4.69, 9.17) is 5.73 Å². The fourth-order valence-corrected chi connectivity index (χ4v) is 2.70. The summed E-state index contributed by atoms with van der Waals surface area (Å²) in [6, 6.07) is 11.2. The number of hydrogen-bond acceptors (Lipinski definition) is 3. The van der Waals surface area contributed by atoms with E-state index in [2.05, 4.69) is 48.2 Å². The van der Waals surface area contributed by atoms with Gasteiger partial charge in [0.1, 0.15) is 0 Å². The molecule has 0 radical (unpaired) electrons. The third kappa shape index (κ3) is 3.55. The van der Waals surface area contributed by atoms with Gasteiger partial charge in [0, 0.05) is 18.6 Å². The SMILES string of the molecule is CN1CCC(N(C)CC(N)c2ccccc2)CC1. The first-order valence-corrected chi connectivity index (χ1v) is 6.86. The minimum Gasteiger partial charge on any atom is -0.323 e. The summed E-state index contributed by atoms with van der Waals surface area (Å²) >= 11 is 0. The van der Waals surface area contributed by atoms with E-state index >= 15 is 0 Å². The zero-order valence-electron chi connectivity index (χ0n) is 11.5. The summed E-state index contributed by atoms with van der Waals surface area (Å²) < 4.78 is 0. The number of nitrogens with two attached hydrogens (primary N) is 1. The van der Waals surface area contributed by atoms with Gasteiger partial charge >= 0.3 is 0 Å². The van der Waals surface area contributed by atoms with Crippen LogP contribution in [0.2, 0.25) is 0 Å². The number of likely N-dealkylation sites (tertiary alicyclic amines) is 1. The van der Waals surface area contributed by atoms with Gasteiger partial charge in [-0.3, -0.25) is 0 Å². The molecule has 0 aromatic heterocycles. The maximum atomic E-state index is 6.28. The summed E-state index contributed by atoms with van der Waals surface area (Å²) in [7, 11) is 4.41. The Bertz CT molecular complexity index is 344. The molecule has 1 saturated heterocycles. The van der Waals surface area contributed by atoms with Gasteiger partial charge in [-0.05, 0) is 45.6 Å². The summed E-state index contributed by atoms with van der Waals surface area (Å²) in [6.45, 7) is 3.35. The zero-order chi connectivity index (χ0) is 13.0. The van der Waals surface area contributed by atoms with Crippen molar-refractivity contribution in [2.45, 2.75) is 24.9 Å². The predicted octanol–water partition coefficient (Wildman–Crippen LogP) is 1.71. The molecule has 1 aromatic rings. The highest BCUT2D eigenvalue weighted by molar-refractivity contribution is 5.18. The molecule has 18 heavy (non-hydrogen) atoms. The van der Waals surface area contributed by atoms with E-state index < -0.39 is 0 Å². The second-order valence-electron chi connectivity index (χ2n) is 5.49. The molecule has 1 atom stereocenters. The number of likely N-dealkylation sites (N-methyl/N-ethyl adjacent to an activating group) is 1. The highest BCUT2D eigenvalue weighted by Gasteiger charge is 2.21. The van der Waals surface area contributed by atoms with Crippen LogP contribution in [0, 0.1) is 0 Å². The summed E-state index contributed by atoms with van der Waals surface area (Å²) in [5.41, 5.74) is 7.51. The maximum absolute atomic E-state index is 6.28. The van der Waals surface area contributed by atoms with E-state index in [1.807, 2.05) is 6.07 Å². The average molecular weight is 247 g/mol. The molecular weight excluding hydrogens is 222 g/mol. The molecule has 2 N–H and O–H groups in total. The lowest BCUT2D eigenvalue weighted by molar-refractivity contribution is 0.139. The average Bonchev–Trinajstić information content (AvgIpc) is 2.40. The lowest BCUT2D eigenvalue weighted by atomic mass is 10.0. The Morgan fingerprint density at radius 3 is 2.50 bits per heavy atom. The van der Waals surface area contributed by atoms with Crippen LogP contribution in [0.3, 0.4) is 0 Å². The number of nitrogens with zero attached hydrogens (tertiary/aromatic N) is 2. The van der Waals surface area contributed by atoms with Gasteiger partial charge in [-0.15, -0.1) is 0 Å². The number of hydrogen-bond donors (Lipinski definition) is 1. The van der Waals surface area contributed by atoms with Crippen LogP contribution in [-0.4, -0.2) is 49.6 Å². The van der Waals surface area contributed by atoms with Gasteiger partial charge < -0.3 is 15.5 Å². The summed E-state index contributed by atoms with van der Waals surface area (Å²) in [4.78, 5) is 4.84. The first-order chi connectivity index (χ1) is 8.66. The van der Waals surface area contributed by atoms with Crippen LogP contribution in [0.4, 0.5) is 0 Å². The Morgan fingerprint density at radius 1 is 1.28 bits per heavy atom. The normalized spacial score (nSPS) is 20.2. The molecule has 1 fully saturated rings. The molecule has 100 valence electrons. The molecule has 2 rings (SSSR count). The monoisotopic (exact) mass is 247 g/mol. The van der Waals surface area contributed by atoms with E-state index in [0.717, 1.165) is 6.54 Å². The molecule has 1 heterocycles. The molecule has 1 aliphatic rings. The Balaban J connectivity index is 1.85. The molecule has 1 unspecified atom stereocenters. The molecule has 0 spiro atoms. The molecule has 1 aromatic carbocycles. The molecule has 1 aliphatic heterocycles. The van der Waals surface area contributed by atoms with Gasteiger partial charge in [0.25, 0.3) is 0 Å². The number of benzene rings is 1. The van der Waals surface area contributed by atoms with E-state index in [9.17, 15) is 0 Å². The van der Waals surface area contributed by atoms with Crippen molar-refractivity contribution in [2.24, 2.45) is 5.73 Å². The smallest absolute Gasteiger partial charge is 0.0424 e. The Morgan fingerprint density at radius 2 is 1.89 bits per heavy atom. The van der Waals surface area contributed by atoms with Crippen molar-refractivity contribution in [2.75, 3.05) is 33.7 Å². The van der Waals surface area contributed by atoms with Crippen LogP contribution in [-0.2, 0) is 0 Å². The van der Waals surface area contributed by atoms with Crippen molar-refractivity contribution in [3.05, 3.63) is 35.9 Å². The standard InChI is InChI=1S/C15H25N3/c1-17-10-8-14(9-11-17)18(2)12-15(16)13-6-4-3-5-7-13/h3-7,14-15H,8-12,16H2,1-2H3. The molecular formula is C15H25N3. The van der Waals surface area contributed by atoms with Gasteiger partial charge in [0.2, 0.25) is 0 Å². The van der Waals surface area contributed by atoms with Gasteiger partial charge in [0.05, 0.1) is 0 Å². The lowest BCUT2D eigenvalue weighted by Crippen LogP contribution is -2.44. The van der Waals surface area contributed by atoms with Crippen molar-refractivity contribution in [1.29, 1.82) is 0 Å². The van der Waals surface area contributed by atoms with Crippen molar-refractivity contribution in [1.82, 2.24) is 9.80 Å². The molecule has 0 bridgehead atoms. The maximum Gasteiger partial charge on any atom is 0.0424 e. The summed E-state index contributed by atoms with van der Waals surface area (Å²) in [5, 5.41) is 0. The van der Waals surface area contributed by atoms with E-state index in [1.165, 1.54) is 31.5 Å². The largest absolute Gasteiger partial charge is 0.323 e. The van der Waals surface area contributed by atoms with Crippen LogP contribution >= 0.6 is 0 Å². The fraction of sp³-hybridized carbons (Fsp3) is 0.600. The lowest BCUT2D eigenvalue weighted by Gasteiger charge is -2.36. The molecule has 0 amide bonds. The van der Waals surface area contributed by atoms with Crippen LogP contribution in [0.5, 0.6) is 0 Å². The van der Waals surface area contributed by atoms with Crippen LogP contribution in [0.1, 0.15) is 24.4 Å². The zero-order valence-corrected chi connectivity index (χ0v) is 11.5. The second kappa shape index (κ2) is 6.32. The van der Waals surface area contributed by atoms with E-state index in [-0.39, 0.29) is 6.04 Å². The Kier molecular flexibility index (Phi) is 4.75. The van der Waals surface area contributed by atoms with Crippen LogP contribution in [0.25, 0.3) is 0 Å². The highest BCUT2D eigenvalue weighted by Crippen LogP contribution is 2.17. The number of piperidine rings is 1. The minimum atomic E-state index is 0.121. The minimum absolute atomic E-state index is 0.121. The van der Waals surface area contributed by atoms with Gasteiger partial charge in [0.15, 0.2) is 0 Å². The van der Waals surface area contributed by atoms with Crippen molar-refractivity contribution in [3.63, 3.8) is 0 Å². The quantitative estimate of drug-likeness (QED) is 0.879. The molecule has 3 heteroatoms. The Labute approximate surface area is 111 Å². The van der Waals surface area contributed by atoms with Gasteiger partial charge in [-0.1, -0.05) is 30.3 Å².